The molecular weight excluding hydrogens is 256 g/mol. The van der Waals surface area contributed by atoms with Gasteiger partial charge in [0.25, 0.3) is 0 Å². The van der Waals surface area contributed by atoms with Gasteiger partial charge in [0.2, 0.25) is 5.91 Å². The van der Waals surface area contributed by atoms with Gasteiger partial charge in [0.1, 0.15) is 6.54 Å². The topological polar surface area (TPSA) is 58.6 Å². The van der Waals surface area contributed by atoms with Crippen LogP contribution in [0.15, 0.2) is 0 Å². The molecule has 0 radical (unpaired) electrons. The molecule has 1 N–H and O–H groups in total. The van der Waals surface area contributed by atoms with E-state index in [9.17, 15) is 9.59 Å². The Morgan fingerprint density at radius 3 is 2.50 bits per heavy atom. The van der Waals surface area contributed by atoms with Crippen molar-refractivity contribution >= 4 is 11.9 Å². The first-order valence-corrected chi connectivity index (χ1v) is 7.86. The normalized spacial score (nSPS) is 19.6. The maximum Gasteiger partial charge on any atom is 0.325 e. The molecule has 0 aromatic rings. The predicted octanol–water partition coefficient (Wildman–Crippen LogP) is 1.32. The third kappa shape index (κ3) is 4.78. The van der Waals surface area contributed by atoms with E-state index in [1.165, 1.54) is 0 Å². The molecule has 1 heterocycles. The number of esters is 1. The molecule has 2 fully saturated rings. The SMILES string of the molecule is CCOC(=O)CN(C(=O)CCC1CCNCC1)C1CC1. The number of carbonyl (C=O) groups is 2. The average molecular weight is 282 g/mol. The van der Waals surface area contributed by atoms with E-state index in [-0.39, 0.29) is 24.5 Å². The summed E-state index contributed by atoms with van der Waals surface area (Å²) >= 11 is 0. The van der Waals surface area contributed by atoms with E-state index in [1.807, 2.05) is 0 Å². The molecule has 2 aliphatic rings. The van der Waals surface area contributed by atoms with Crippen molar-refractivity contribution in [1.82, 2.24) is 10.2 Å². The minimum Gasteiger partial charge on any atom is -0.465 e. The van der Waals surface area contributed by atoms with E-state index in [4.69, 9.17) is 4.74 Å². The van der Waals surface area contributed by atoms with Gasteiger partial charge in [-0.25, -0.2) is 0 Å². The molecule has 1 aliphatic carbocycles. The molecule has 0 aromatic carbocycles. The van der Waals surface area contributed by atoms with Crippen molar-refractivity contribution in [3.05, 3.63) is 0 Å². The molecule has 0 aromatic heterocycles. The van der Waals surface area contributed by atoms with Gasteiger partial charge in [-0.1, -0.05) is 0 Å². The molecule has 0 atom stereocenters. The summed E-state index contributed by atoms with van der Waals surface area (Å²) in [4.78, 5) is 25.6. The molecular formula is C15H26N2O3. The highest BCUT2D eigenvalue weighted by molar-refractivity contribution is 5.82. The summed E-state index contributed by atoms with van der Waals surface area (Å²) in [5.74, 6) is 0.498. The highest BCUT2D eigenvalue weighted by atomic mass is 16.5. The zero-order valence-corrected chi connectivity index (χ0v) is 12.4. The molecule has 5 nitrogen and oxygen atoms in total. The van der Waals surface area contributed by atoms with E-state index in [1.54, 1.807) is 11.8 Å². The monoisotopic (exact) mass is 282 g/mol. The van der Waals surface area contributed by atoms with Crippen LogP contribution >= 0.6 is 0 Å². The van der Waals surface area contributed by atoms with Gasteiger partial charge >= 0.3 is 5.97 Å². The molecule has 0 spiro atoms. The summed E-state index contributed by atoms with van der Waals surface area (Å²) in [5.41, 5.74) is 0. The van der Waals surface area contributed by atoms with Gasteiger partial charge in [-0.2, -0.15) is 0 Å². The molecule has 2 rings (SSSR count). The first kappa shape index (κ1) is 15.3. The second-order valence-electron chi connectivity index (χ2n) is 5.79. The standard InChI is InChI=1S/C15H26N2O3/c1-2-20-15(19)11-17(13-4-5-13)14(18)6-3-12-7-9-16-10-8-12/h12-13,16H,2-11H2,1H3. The van der Waals surface area contributed by atoms with Crippen LogP contribution in [0.3, 0.4) is 0 Å². The molecule has 1 amide bonds. The van der Waals surface area contributed by atoms with Gasteiger partial charge in [-0.05, 0) is 58.0 Å². The number of amides is 1. The lowest BCUT2D eigenvalue weighted by molar-refractivity contribution is -0.149. The fourth-order valence-corrected chi connectivity index (χ4v) is 2.79. The lowest BCUT2D eigenvalue weighted by Gasteiger charge is -2.25. The van der Waals surface area contributed by atoms with Crippen molar-refractivity contribution in [2.75, 3.05) is 26.2 Å². The highest BCUT2D eigenvalue weighted by Gasteiger charge is 2.34. The first-order chi connectivity index (χ1) is 9.70. The van der Waals surface area contributed by atoms with Crippen LogP contribution in [0.5, 0.6) is 0 Å². The lowest BCUT2D eigenvalue weighted by Crippen LogP contribution is -2.38. The van der Waals surface area contributed by atoms with Crippen LogP contribution in [0.25, 0.3) is 0 Å². The van der Waals surface area contributed by atoms with Crippen molar-refractivity contribution in [3.8, 4) is 0 Å². The number of hydrogen-bond donors (Lipinski definition) is 1. The summed E-state index contributed by atoms with van der Waals surface area (Å²) in [6.07, 6.45) is 5.90. The van der Waals surface area contributed by atoms with Crippen LogP contribution < -0.4 is 5.32 Å². The summed E-state index contributed by atoms with van der Waals surface area (Å²) in [6, 6.07) is 0.278. The van der Waals surface area contributed by atoms with Gasteiger partial charge in [-0.15, -0.1) is 0 Å². The quantitative estimate of drug-likeness (QED) is 0.716. The maximum absolute atomic E-state index is 12.3. The lowest BCUT2D eigenvalue weighted by atomic mass is 9.93. The van der Waals surface area contributed by atoms with E-state index < -0.39 is 0 Å². The van der Waals surface area contributed by atoms with Gasteiger partial charge in [-0.3, -0.25) is 9.59 Å². The summed E-state index contributed by atoms with van der Waals surface area (Å²) in [6.45, 7) is 4.42. The number of piperidine rings is 1. The second kappa shape index (κ2) is 7.62. The number of hydrogen-bond acceptors (Lipinski definition) is 4. The van der Waals surface area contributed by atoms with Gasteiger partial charge in [0.15, 0.2) is 0 Å². The van der Waals surface area contributed by atoms with Crippen LogP contribution in [0, 0.1) is 5.92 Å². The average Bonchev–Trinajstić information content (AvgIpc) is 3.28. The summed E-state index contributed by atoms with van der Waals surface area (Å²) in [5, 5.41) is 3.34. The Bertz CT molecular complexity index is 336. The molecule has 1 saturated heterocycles. The molecule has 5 heteroatoms. The van der Waals surface area contributed by atoms with Gasteiger partial charge < -0.3 is 15.0 Å². The van der Waals surface area contributed by atoms with E-state index in [0.717, 1.165) is 45.2 Å². The third-order valence-corrected chi connectivity index (χ3v) is 4.14. The Kier molecular flexibility index (Phi) is 5.83. The number of rotatable bonds is 7. The molecule has 1 aliphatic heterocycles. The van der Waals surface area contributed by atoms with Gasteiger partial charge in [0, 0.05) is 12.5 Å². The predicted molar refractivity (Wildman–Crippen MR) is 76.2 cm³/mol. The fourth-order valence-electron chi connectivity index (χ4n) is 2.79. The minimum atomic E-state index is -0.283. The van der Waals surface area contributed by atoms with E-state index in [0.29, 0.717) is 18.9 Å². The van der Waals surface area contributed by atoms with Crippen molar-refractivity contribution in [2.24, 2.45) is 5.92 Å². The molecule has 1 saturated carbocycles. The number of nitrogens with zero attached hydrogens (tertiary/aromatic N) is 1. The second-order valence-corrected chi connectivity index (χ2v) is 5.79. The third-order valence-electron chi connectivity index (χ3n) is 4.14. The van der Waals surface area contributed by atoms with Crippen LogP contribution in [0.2, 0.25) is 0 Å². The Balaban J connectivity index is 1.76. The van der Waals surface area contributed by atoms with Gasteiger partial charge in [0.05, 0.1) is 6.61 Å². The fraction of sp³-hybridized carbons (Fsp3) is 0.867. The summed E-state index contributed by atoms with van der Waals surface area (Å²) < 4.78 is 4.95. The largest absolute Gasteiger partial charge is 0.465 e. The number of ether oxygens (including phenoxy) is 1. The minimum absolute atomic E-state index is 0.124. The van der Waals surface area contributed by atoms with Crippen molar-refractivity contribution < 1.29 is 14.3 Å². The van der Waals surface area contributed by atoms with Crippen LogP contribution in [0.1, 0.15) is 45.4 Å². The Labute approximate surface area is 121 Å². The molecule has 0 unspecified atom stereocenters. The van der Waals surface area contributed by atoms with Crippen molar-refractivity contribution in [2.45, 2.75) is 51.5 Å². The Morgan fingerprint density at radius 1 is 1.20 bits per heavy atom. The van der Waals surface area contributed by atoms with Crippen molar-refractivity contribution in [1.29, 1.82) is 0 Å². The Morgan fingerprint density at radius 2 is 1.90 bits per heavy atom. The summed E-state index contributed by atoms with van der Waals surface area (Å²) in [7, 11) is 0. The smallest absolute Gasteiger partial charge is 0.325 e. The highest BCUT2D eigenvalue weighted by Crippen LogP contribution is 2.28. The van der Waals surface area contributed by atoms with E-state index >= 15 is 0 Å². The zero-order valence-electron chi connectivity index (χ0n) is 12.4. The zero-order chi connectivity index (χ0) is 14.4. The number of nitrogens with one attached hydrogen (secondary N) is 1. The molecule has 20 heavy (non-hydrogen) atoms. The molecule has 114 valence electrons. The Hall–Kier alpha value is -1.10. The van der Waals surface area contributed by atoms with Crippen LogP contribution in [-0.2, 0) is 14.3 Å². The van der Waals surface area contributed by atoms with Crippen LogP contribution in [0.4, 0.5) is 0 Å². The van der Waals surface area contributed by atoms with Crippen molar-refractivity contribution in [3.63, 3.8) is 0 Å². The first-order valence-electron chi connectivity index (χ1n) is 7.86. The molecule has 0 bridgehead atoms. The number of carbonyl (C=O) groups excluding carboxylic acids is 2. The maximum atomic E-state index is 12.3. The van der Waals surface area contributed by atoms with E-state index in [2.05, 4.69) is 5.32 Å². The van der Waals surface area contributed by atoms with Crippen LogP contribution in [-0.4, -0.2) is 49.1 Å².